The molecule has 6 nitrogen and oxygen atoms in total. The van der Waals surface area contributed by atoms with Gasteiger partial charge in [-0.25, -0.2) is 0 Å². The van der Waals surface area contributed by atoms with Crippen molar-refractivity contribution in [1.29, 1.82) is 0 Å². The van der Waals surface area contributed by atoms with Gasteiger partial charge in [-0.15, -0.1) is 0 Å². The summed E-state index contributed by atoms with van der Waals surface area (Å²) in [5.41, 5.74) is 0.689. The average Bonchev–Trinajstić information content (AvgIpc) is 3.21. The summed E-state index contributed by atoms with van der Waals surface area (Å²) >= 11 is 0. The molecule has 0 unspecified atom stereocenters. The van der Waals surface area contributed by atoms with Crippen LogP contribution in [0.3, 0.4) is 0 Å². The number of carbonyl (C=O) groups excluding carboxylic acids is 1. The average molecular weight is 371 g/mol. The molecular formula is C21H25NO5. The van der Waals surface area contributed by atoms with Gasteiger partial charge in [-0.2, -0.15) is 0 Å². The van der Waals surface area contributed by atoms with Gasteiger partial charge < -0.3 is 24.3 Å². The van der Waals surface area contributed by atoms with Crippen LogP contribution in [-0.4, -0.2) is 38.4 Å². The molecule has 1 N–H and O–H groups in total. The number of nitrogens with one attached hydrogen (secondary N) is 1. The van der Waals surface area contributed by atoms with E-state index in [1.54, 1.807) is 38.3 Å². The fourth-order valence-corrected chi connectivity index (χ4v) is 2.76. The third-order valence-corrected chi connectivity index (χ3v) is 4.32. The minimum atomic E-state index is -0.631. The van der Waals surface area contributed by atoms with Crippen LogP contribution in [-0.2, 0) is 9.53 Å². The predicted octanol–water partition coefficient (Wildman–Crippen LogP) is 3.66. The topological polar surface area (TPSA) is 66.0 Å². The Labute approximate surface area is 159 Å². The molecule has 0 spiro atoms. The summed E-state index contributed by atoms with van der Waals surface area (Å²) in [4.78, 5) is 12.3. The SMILES string of the molecule is COc1ccc(O[C@@H](C)C(=O)Nc2ccc(OC[C@@H]3CCCO3)cc2)cc1. The van der Waals surface area contributed by atoms with E-state index in [1.165, 1.54) is 0 Å². The lowest BCUT2D eigenvalue weighted by Gasteiger charge is -2.15. The fraction of sp³-hybridized carbons (Fsp3) is 0.381. The molecule has 2 aromatic rings. The zero-order chi connectivity index (χ0) is 19.1. The van der Waals surface area contributed by atoms with Crippen molar-refractivity contribution in [2.24, 2.45) is 0 Å². The van der Waals surface area contributed by atoms with Crippen molar-refractivity contribution >= 4 is 11.6 Å². The van der Waals surface area contributed by atoms with Gasteiger partial charge in [-0.05, 0) is 68.3 Å². The van der Waals surface area contributed by atoms with E-state index in [9.17, 15) is 4.79 Å². The number of methoxy groups -OCH3 is 1. The Bertz CT molecular complexity index is 723. The number of carbonyl (C=O) groups is 1. The van der Waals surface area contributed by atoms with Crippen LogP contribution in [0, 0.1) is 0 Å². The van der Waals surface area contributed by atoms with Gasteiger partial charge in [0.1, 0.15) is 23.9 Å². The number of rotatable bonds is 8. The molecular weight excluding hydrogens is 346 g/mol. The van der Waals surface area contributed by atoms with Crippen LogP contribution in [0.15, 0.2) is 48.5 Å². The van der Waals surface area contributed by atoms with E-state index in [-0.39, 0.29) is 12.0 Å². The lowest BCUT2D eigenvalue weighted by Crippen LogP contribution is -2.30. The highest BCUT2D eigenvalue weighted by Gasteiger charge is 2.17. The van der Waals surface area contributed by atoms with Crippen molar-refractivity contribution < 1.29 is 23.7 Å². The zero-order valence-corrected chi connectivity index (χ0v) is 15.6. The largest absolute Gasteiger partial charge is 0.497 e. The lowest BCUT2D eigenvalue weighted by atomic mass is 10.2. The fourth-order valence-electron chi connectivity index (χ4n) is 2.76. The number of ether oxygens (including phenoxy) is 4. The lowest BCUT2D eigenvalue weighted by molar-refractivity contribution is -0.122. The maximum Gasteiger partial charge on any atom is 0.265 e. The summed E-state index contributed by atoms with van der Waals surface area (Å²) in [6, 6.07) is 14.4. The van der Waals surface area contributed by atoms with Crippen LogP contribution >= 0.6 is 0 Å². The Morgan fingerprint density at radius 3 is 2.41 bits per heavy atom. The van der Waals surface area contributed by atoms with Crippen LogP contribution in [0.5, 0.6) is 17.2 Å². The standard InChI is InChI=1S/C21H25NO5/c1-15(27-19-11-9-17(24-2)10-12-19)21(23)22-16-5-7-18(8-6-16)26-14-20-4-3-13-25-20/h5-12,15,20H,3-4,13-14H2,1-2H3,(H,22,23)/t15-,20-/m0/s1. The van der Waals surface area contributed by atoms with Crippen LogP contribution in [0.25, 0.3) is 0 Å². The van der Waals surface area contributed by atoms with Crippen LogP contribution in [0.2, 0.25) is 0 Å². The van der Waals surface area contributed by atoms with Crippen molar-refractivity contribution in [1.82, 2.24) is 0 Å². The van der Waals surface area contributed by atoms with E-state index in [1.807, 2.05) is 24.3 Å². The first-order chi connectivity index (χ1) is 13.1. The van der Waals surface area contributed by atoms with Crippen molar-refractivity contribution in [3.63, 3.8) is 0 Å². The van der Waals surface area contributed by atoms with E-state index >= 15 is 0 Å². The summed E-state index contributed by atoms with van der Waals surface area (Å²) in [7, 11) is 1.60. The minimum Gasteiger partial charge on any atom is -0.497 e. The molecule has 1 fully saturated rings. The Balaban J connectivity index is 1.47. The number of amides is 1. The normalized spacial score (nSPS) is 17.2. The van der Waals surface area contributed by atoms with Gasteiger partial charge >= 0.3 is 0 Å². The van der Waals surface area contributed by atoms with Gasteiger partial charge in [0.25, 0.3) is 5.91 Å². The second-order valence-corrected chi connectivity index (χ2v) is 6.40. The first-order valence-corrected chi connectivity index (χ1v) is 9.10. The summed E-state index contributed by atoms with van der Waals surface area (Å²) < 4.78 is 22.0. The van der Waals surface area contributed by atoms with Crippen molar-refractivity contribution in [3.05, 3.63) is 48.5 Å². The molecule has 0 aromatic heterocycles. The summed E-state index contributed by atoms with van der Waals surface area (Å²) in [6.45, 7) is 3.08. The van der Waals surface area contributed by atoms with Crippen LogP contribution in [0.1, 0.15) is 19.8 Å². The monoisotopic (exact) mass is 371 g/mol. The minimum absolute atomic E-state index is 0.181. The summed E-state index contributed by atoms with van der Waals surface area (Å²) in [6.07, 6.45) is 1.69. The number of hydrogen-bond donors (Lipinski definition) is 1. The molecule has 0 saturated carbocycles. The Morgan fingerprint density at radius 1 is 1.11 bits per heavy atom. The van der Waals surface area contributed by atoms with E-state index < -0.39 is 6.10 Å². The molecule has 6 heteroatoms. The molecule has 1 amide bonds. The molecule has 2 atom stereocenters. The van der Waals surface area contributed by atoms with Gasteiger partial charge in [-0.3, -0.25) is 4.79 Å². The van der Waals surface area contributed by atoms with E-state index in [0.29, 0.717) is 18.0 Å². The van der Waals surface area contributed by atoms with Crippen LogP contribution in [0.4, 0.5) is 5.69 Å². The molecule has 0 bridgehead atoms. The maximum atomic E-state index is 12.3. The molecule has 3 rings (SSSR count). The Kier molecular flexibility index (Phi) is 6.54. The maximum absolute atomic E-state index is 12.3. The molecule has 2 aromatic carbocycles. The molecule has 144 valence electrons. The second kappa shape index (κ2) is 9.28. The molecule has 1 heterocycles. The highest BCUT2D eigenvalue weighted by Crippen LogP contribution is 2.20. The van der Waals surface area contributed by atoms with E-state index in [2.05, 4.69) is 5.32 Å². The van der Waals surface area contributed by atoms with Gasteiger partial charge in [0.15, 0.2) is 6.10 Å². The quantitative estimate of drug-likeness (QED) is 0.767. The summed E-state index contributed by atoms with van der Waals surface area (Å²) in [5.74, 6) is 1.88. The third kappa shape index (κ3) is 5.62. The number of anilines is 1. The molecule has 1 saturated heterocycles. The Morgan fingerprint density at radius 2 is 1.78 bits per heavy atom. The molecule has 0 aliphatic carbocycles. The summed E-state index contributed by atoms with van der Waals surface area (Å²) in [5, 5.41) is 2.84. The first kappa shape index (κ1) is 19.0. The van der Waals surface area contributed by atoms with Crippen molar-refractivity contribution in [2.45, 2.75) is 32.0 Å². The van der Waals surface area contributed by atoms with E-state index in [0.717, 1.165) is 30.9 Å². The number of benzene rings is 2. The van der Waals surface area contributed by atoms with Gasteiger partial charge in [0.05, 0.1) is 13.2 Å². The van der Waals surface area contributed by atoms with Crippen molar-refractivity contribution in [2.75, 3.05) is 25.6 Å². The number of hydrogen-bond acceptors (Lipinski definition) is 5. The smallest absolute Gasteiger partial charge is 0.265 e. The van der Waals surface area contributed by atoms with Crippen molar-refractivity contribution in [3.8, 4) is 17.2 Å². The van der Waals surface area contributed by atoms with Crippen LogP contribution < -0.4 is 19.5 Å². The predicted molar refractivity (Wildman–Crippen MR) is 103 cm³/mol. The molecule has 1 aliphatic heterocycles. The first-order valence-electron chi connectivity index (χ1n) is 9.10. The highest BCUT2D eigenvalue weighted by molar-refractivity contribution is 5.94. The van der Waals surface area contributed by atoms with Gasteiger partial charge in [-0.1, -0.05) is 0 Å². The molecule has 27 heavy (non-hydrogen) atoms. The third-order valence-electron chi connectivity index (χ3n) is 4.32. The van der Waals surface area contributed by atoms with Gasteiger partial charge in [0.2, 0.25) is 0 Å². The molecule has 0 radical (unpaired) electrons. The molecule has 1 aliphatic rings. The van der Waals surface area contributed by atoms with Gasteiger partial charge in [0, 0.05) is 12.3 Å². The Hall–Kier alpha value is -2.73. The van der Waals surface area contributed by atoms with E-state index in [4.69, 9.17) is 18.9 Å². The zero-order valence-electron chi connectivity index (χ0n) is 15.6. The second-order valence-electron chi connectivity index (χ2n) is 6.40. The highest BCUT2D eigenvalue weighted by atomic mass is 16.5.